The van der Waals surface area contributed by atoms with Crippen molar-refractivity contribution < 1.29 is 14.0 Å². The van der Waals surface area contributed by atoms with E-state index in [1.54, 1.807) is 33.3 Å². The highest BCUT2D eigenvalue weighted by atomic mass is 32.1. The lowest BCUT2D eigenvalue weighted by Gasteiger charge is -2.40. The molecule has 30 heavy (non-hydrogen) atoms. The van der Waals surface area contributed by atoms with Crippen LogP contribution in [0.25, 0.3) is 0 Å². The Balaban J connectivity index is 1.79. The van der Waals surface area contributed by atoms with Crippen LogP contribution in [0.1, 0.15) is 55.4 Å². The predicted molar refractivity (Wildman–Crippen MR) is 119 cm³/mol. The van der Waals surface area contributed by atoms with Crippen molar-refractivity contribution in [1.29, 1.82) is 0 Å². The fourth-order valence-corrected chi connectivity index (χ4v) is 4.46. The zero-order valence-electron chi connectivity index (χ0n) is 18.3. The molecule has 2 aromatic rings. The molecule has 1 fully saturated rings. The monoisotopic (exact) mass is 430 g/mol. The Bertz CT molecular complexity index is 881. The Labute approximate surface area is 182 Å². The minimum atomic E-state index is -0.427. The molecular formula is C24H31FN2O2S. The molecule has 1 aromatic carbocycles. The zero-order valence-corrected chi connectivity index (χ0v) is 19.1. The van der Waals surface area contributed by atoms with Gasteiger partial charge in [0.25, 0.3) is 0 Å². The molecule has 0 radical (unpaired) electrons. The largest absolute Gasteiger partial charge is 0.332 e. The van der Waals surface area contributed by atoms with Gasteiger partial charge in [-0.25, -0.2) is 4.39 Å². The summed E-state index contributed by atoms with van der Waals surface area (Å²) in [6, 6.07) is 10.3. The van der Waals surface area contributed by atoms with Gasteiger partial charge >= 0.3 is 0 Å². The summed E-state index contributed by atoms with van der Waals surface area (Å²) in [6.45, 7) is 8.89. The van der Waals surface area contributed by atoms with Crippen LogP contribution >= 0.6 is 11.3 Å². The van der Waals surface area contributed by atoms with E-state index in [0.717, 1.165) is 29.7 Å². The van der Waals surface area contributed by atoms with Crippen LogP contribution in [0.4, 0.5) is 4.39 Å². The SMILES string of the molecule is Cc1ccc(CN(Cc2ccc(F)cc2)C(=O)CN(C(=O)C2CCC2)C(C)(C)C)s1. The number of nitrogens with zero attached hydrogens (tertiary/aromatic N) is 2. The van der Waals surface area contributed by atoms with Crippen molar-refractivity contribution in [3.05, 3.63) is 57.5 Å². The maximum Gasteiger partial charge on any atom is 0.242 e. The van der Waals surface area contributed by atoms with E-state index in [1.807, 2.05) is 39.8 Å². The topological polar surface area (TPSA) is 40.6 Å². The van der Waals surface area contributed by atoms with Gasteiger partial charge in [0.2, 0.25) is 11.8 Å². The maximum atomic E-state index is 13.4. The van der Waals surface area contributed by atoms with Gasteiger partial charge < -0.3 is 9.80 Å². The fourth-order valence-electron chi connectivity index (χ4n) is 3.56. The number of hydrogen-bond acceptors (Lipinski definition) is 3. The summed E-state index contributed by atoms with van der Waals surface area (Å²) in [4.78, 5) is 32.2. The van der Waals surface area contributed by atoms with Gasteiger partial charge in [-0.1, -0.05) is 18.6 Å². The quantitative estimate of drug-likeness (QED) is 0.609. The lowest BCUT2D eigenvalue weighted by Crippen LogP contribution is -2.53. The minimum Gasteiger partial charge on any atom is -0.332 e. The molecule has 1 saturated carbocycles. The minimum absolute atomic E-state index is 0.0440. The van der Waals surface area contributed by atoms with Crippen LogP contribution in [0.2, 0.25) is 0 Å². The molecule has 3 rings (SSSR count). The second-order valence-corrected chi connectivity index (χ2v) is 10.5. The molecule has 0 aliphatic heterocycles. The summed E-state index contributed by atoms with van der Waals surface area (Å²) in [6.07, 6.45) is 2.90. The molecule has 1 aliphatic carbocycles. The van der Waals surface area contributed by atoms with Crippen molar-refractivity contribution in [2.24, 2.45) is 5.92 Å². The lowest BCUT2D eigenvalue weighted by molar-refractivity contribution is -0.150. The molecule has 1 aliphatic rings. The van der Waals surface area contributed by atoms with Gasteiger partial charge in [0.15, 0.2) is 0 Å². The van der Waals surface area contributed by atoms with E-state index in [1.165, 1.54) is 17.0 Å². The van der Waals surface area contributed by atoms with Crippen LogP contribution < -0.4 is 0 Å². The van der Waals surface area contributed by atoms with Crippen LogP contribution in [0.5, 0.6) is 0 Å². The van der Waals surface area contributed by atoms with Gasteiger partial charge in [-0.15, -0.1) is 11.3 Å². The Morgan fingerprint density at radius 3 is 2.23 bits per heavy atom. The Hall–Kier alpha value is -2.21. The first kappa shape index (κ1) is 22.5. The molecule has 0 spiro atoms. The Morgan fingerprint density at radius 1 is 1.07 bits per heavy atom. The molecular weight excluding hydrogens is 399 g/mol. The third-order valence-corrected chi connectivity index (χ3v) is 6.59. The van der Waals surface area contributed by atoms with Crippen molar-refractivity contribution in [3.8, 4) is 0 Å². The lowest BCUT2D eigenvalue weighted by atomic mass is 9.83. The number of amides is 2. The van der Waals surface area contributed by atoms with E-state index < -0.39 is 5.54 Å². The number of thiophene rings is 1. The number of aryl methyl sites for hydroxylation is 1. The molecule has 0 atom stereocenters. The molecule has 1 heterocycles. The van der Waals surface area contributed by atoms with E-state index in [-0.39, 0.29) is 30.1 Å². The fraction of sp³-hybridized carbons (Fsp3) is 0.500. The van der Waals surface area contributed by atoms with Crippen LogP contribution in [-0.2, 0) is 22.7 Å². The second-order valence-electron chi connectivity index (χ2n) is 9.11. The molecule has 6 heteroatoms. The van der Waals surface area contributed by atoms with E-state index >= 15 is 0 Å². The summed E-state index contributed by atoms with van der Waals surface area (Å²) in [5.41, 5.74) is 0.439. The highest BCUT2D eigenvalue weighted by Gasteiger charge is 2.36. The summed E-state index contributed by atoms with van der Waals surface area (Å²) in [7, 11) is 0. The van der Waals surface area contributed by atoms with Gasteiger partial charge in [-0.3, -0.25) is 9.59 Å². The summed E-state index contributed by atoms with van der Waals surface area (Å²) < 4.78 is 13.3. The number of hydrogen-bond donors (Lipinski definition) is 0. The van der Waals surface area contributed by atoms with Gasteiger partial charge in [0.1, 0.15) is 12.4 Å². The van der Waals surface area contributed by atoms with Crippen molar-refractivity contribution in [1.82, 2.24) is 9.80 Å². The van der Waals surface area contributed by atoms with Crippen LogP contribution in [-0.4, -0.2) is 33.7 Å². The molecule has 4 nitrogen and oxygen atoms in total. The smallest absolute Gasteiger partial charge is 0.242 e. The highest BCUT2D eigenvalue weighted by molar-refractivity contribution is 7.11. The first-order valence-corrected chi connectivity index (χ1v) is 11.3. The van der Waals surface area contributed by atoms with Crippen LogP contribution in [0.15, 0.2) is 36.4 Å². The van der Waals surface area contributed by atoms with Crippen molar-refractivity contribution in [2.45, 2.75) is 65.6 Å². The first-order valence-electron chi connectivity index (χ1n) is 10.5. The van der Waals surface area contributed by atoms with Crippen LogP contribution in [0.3, 0.4) is 0 Å². The van der Waals surface area contributed by atoms with E-state index in [4.69, 9.17) is 0 Å². The zero-order chi connectivity index (χ0) is 21.9. The molecule has 2 amide bonds. The van der Waals surface area contributed by atoms with E-state index in [9.17, 15) is 14.0 Å². The number of carbonyl (C=O) groups is 2. The van der Waals surface area contributed by atoms with Gasteiger partial charge in [-0.2, -0.15) is 0 Å². The third-order valence-electron chi connectivity index (χ3n) is 5.61. The first-order chi connectivity index (χ1) is 14.1. The molecule has 0 unspecified atom stereocenters. The number of carbonyl (C=O) groups excluding carboxylic acids is 2. The summed E-state index contributed by atoms with van der Waals surface area (Å²) in [5, 5.41) is 0. The summed E-state index contributed by atoms with van der Waals surface area (Å²) >= 11 is 1.66. The molecule has 0 bridgehead atoms. The summed E-state index contributed by atoms with van der Waals surface area (Å²) in [5.74, 6) is -0.262. The van der Waals surface area contributed by atoms with Gasteiger partial charge in [0, 0.05) is 27.8 Å². The Morgan fingerprint density at radius 2 is 1.73 bits per heavy atom. The van der Waals surface area contributed by atoms with E-state index in [0.29, 0.717) is 13.1 Å². The van der Waals surface area contributed by atoms with Crippen LogP contribution in [0, 0.1) is 18.7 Å². The standard InChI is InChI=1S/C24H31FN2O2S/c1-17-8-13-21(30-17)15-26(14-18-9-11-20(25)12-10-18)22(28)16-27(24(2,3)4)23(29)19-6-5-7-19/h8-13,19H,5-7,14-16H2,1-4H3. The average Bonchev–Trinajstić information content (AvgIpc) is 3.03. The van der Waals surface area contributed by atoms with Crippen molar-refractivity contribution in [2.75, 3.05) is 6.54 Å². The number of halogens is 1. The second kappa shape index (κ2) is 9.29. The van der Waals surface area contributed by atoms with Crippen molar-refractivity contribution >= 4 is 23.2 Å². The Kier molecular flexibility index (Phi) is 6.96. The average molecular weight is 431 g/mol. The molecule has 0 saturated heterocycles. The highest BCUT2D eigenvalue weighted by Crippen LogP contribution is 2.31. The predicted octanol–water partition coefficient (Wildman–Crippen LogP) is 5.15. The van der Waals surface area contributed by atoms with Gasteiger partial charge in [0.05, 0.1) is 6.54 Å². The number of rotatable bonds is 7. The van der Waals surface area contributed by atoms with E-state index in [2.05, 4.69) is 0 Å². The maximum absolute atomic E-state index is 13.4. The molecule has 1 aromatic heterocycles. The number of benzene rings is 1. The molecule has 162 valence electrons. The third kappa shape index (κ3) is 5.69. The van der Waals surface area contributed by atoms with Gasteiger partial charge in [-0.05, 0) is 70.4 Å². The normalized spacial score (nSPS) is 14.3. The van der Waals surface area contributed by atoms with Crippen molar-refractivity contribution in [3.63, 3.8) is 0 Å². The molecule has 0 N–H and O–H groups in total.